The Hall–Kier alpha value is -7.10. The lowest BCUT2D eigenvalue weighted by Gasteiger charge is -2.33. The van der Waals surface area contributed by atoms with Crippen molar-refractivity contribution < 1.29 is 71.5 Å². The first-order valence-electron chi connectivity index (χ1n) is 32.3. The second-order valence-electron chi connectivity index (χ2n) is 25.3. The van der Waals surface area contributed by atoms with Gasteiger partial charge in [0.05, 0.1) is 26.4 Å². The van der Waals surface area contributed by atoms with E-state index in [1.54, 1.807) is 7.05 Å². The highest BCUT2D eigenvalue weighted by Crippen LogP contribution is 2.38. The van der Waals surface area contributed by atoms with Crippen LogP contribution in [0.2, 0.25) is 0 Å². The van der Waals surface area contributed by atoms with Crippen LogP contribution in [0.3, 0.4) is 0 Å². The number of esters is 5. The number of rotatable bonds is 33. The Labute approximate surface area is 523 Å². The SMILES string of the molecule is CN[C@@H](CC1CC1)C(=O)O[C@H](Cc1ccc(N2CCOCC2)cc1)C(=O)N(C)[C@@H](CC1CC1)C(=O)O[C@H](C)C(=O)N(C)[C@@H](CC1CC1)C(=O)O[C@H](CCc1ccc(N2CCOCC2)cc1)C(=O)N(C)[C@@H](CC1CC1)C(=O)O[C@H](C)C(=O)OCc1ccccc1. The van der Waals surface area contributed by atoms with Gasteiger partial charge in [-0.2, -0.15) is 0 Å². The van der Waals surface area contributed by atoms with Crippen molar-refractivity contribution in [3.8, 4) is 0 Å². The molecule has 3 amide bonds. The third-order valence-corrected chi connectivity index (χ3v) is 18.2. The maximum atomic E-state index is 15.0. The van der Waals surface area contributed by atoms with Crippen LogP contribution in [0.5, 0.6) is 0 Å². The third kappa shape index (κ3) is 19.5. The van der Waals surface area contributed by atoms with Crippen molar-refractivity contribution in [2.45, 2.75) is 165 Å². The molecule has 0 spiro atoms. The van der Waals surface area contributed by atoms with Crippen LogP contribution in [-0.2, 0) is 91.0 Å². The highest BCUT2D eigenvalue weighted by atomic mass is 16.6. The number of aryl methyl sites for hydroxylation is 1. The van der Waals surface area contributed by atoms with Crippen LogP contribution in [0.25, 0.3) is 0 Å². The average molecular weight is 1230 g/mol. The van der Waals surface area contributed by atoms with E-state index in [2.05, 4.69) is 15.1 Å². The molecule has 0 radical (unpaired) electrons. The van der Waals surface area contributed by atoms with E-state index in [-0.39, 0.29) is 56.5 Å². The normalized spacial score (nSPS) is 19.4. The summed E-state index contributed by atoms with van der Waals surface area (Å²) < 4.78 is 40.7. The summed E-state index contributed by atoms with van der Waals surface area (Å²) in [6, 6.07) is 20.7. The van der Waals surface area contributed by atoms with Crippen LogP contribution in [0.1, 0.15) is 114 Å². The lowest BCUT2D eigenvalue weighted by Crippen LogP contribution is -2.53. The molecule has 0 aromatic heterocycles. The highest BCUT2D eigenvalue weighted by Gasteiger charge is 2.44. The molecule has 0 bridgehead atoms. The molecule has 9 rings (SSSR count). The molecule has 6 fully saturated rings. The van der Waals surface area contributed by atoms with Crippen LogP contribution >= 0.6 is 0 Å². The van der Waals surface area contributed by atoms with E-state index in [9.17, 15) is 38.4 Å². The molecule has 4 aliphatic carbocycles. The molecule has 2 heterocycles. The fraction of sp³-hybridized carbons (Fsp3) is 0.618. The number of likely N-dealkylation sites (N-methyl/N-ethyl adjacent to an activating group) is 4. The van der Waals surface area contributed by atoms with Gasteiger partial charge in [0.2, 0.25) is 0 Å². The standard InChI is InChI=1S/C68H92N6O15/c1-44(86-66(80)56(39-48-14-15-48)72(6)63(77)60(89-65(79)55(69-3)38-47-12-13-47)42-51-22-27-54(28-23-51)74-32-36-84-37-33-74)61(75)70(4)58(41-50-18-19-50)68(82)88-59(29-24-46-20-25-53(26-21-46)73-30-34-83-35-31-73)62(76)71(5)57(40-49-16-17-49)67(81)87-45(2)64(78)85-43-52-10-8-7-9-11-52/h7-11,20-23,25-28,44-45,47-50,55-60,69H,12-19,24,29-43H2,1-6H3/t44-,45-,55+,56+,57+,58+,59-,60-/m1/s1. The Balaban J connectivity index is 0.891. The van der Waals surface area contributed by atoms with E-state index in [0.717, 1.165) is 106 Å². The molecule has 1 N–H and O–H groups in total. The van der Waals surface area contributed by atoms with Crippen molar-refractivity contribution in [3.63, 3.8) is 0 Å². The molecule has 6 aliphatic rings. The summed E-state index contributed by atoms with van der Waals surface area (Å²) in [5.41, 5.74) is 4.42. The van der Waals surface area contributed by atoms with Crippen LogP contribution in [-0.4, -0.2) is 192 Å². The fourth-order valence-corrected chi connectivity index (χ4v) is 11.6. The Morgan fingerprint density at radius 2 is 0.899 bits per heavy atom. The van der Waals surface area contributed by atoms with Gasteiger partial charge in [-0.1, -0.05) is 106 Å². The average Bonchev–Trinajstić information content (AvgIpc) is 3.10. The summed E-state index contributed by atoms with van der Waals surface area (Å²) in [7, 11) is 6.10. The zero-order valence-corrected chi connectivity index (χ0v) is 52.8. The lowest BCUT2D eigenvalue weighted by atomic mass is 10.0. The van der Waals surface area contributed by atoms with Gasteiger partial charge < -0.3 is 63.0 Å². The number of nitrogens with zero attached hydrogens (tertiary/aromatic N) is 5. The van der Waals surface area contributed by atoms with Gasteiger partial charge in [-0.05, 0) is 124 Å². The molecule has 3 aromatic carbocycles. The molecule has 3 aromatic rings. The quantitative estimate of drug-likeness (QED) is 0.0526. The second kappa shape index (κ2) is 31.6. The number of hydrogen-bond donors (Lipinski definition) is 1. The van der Waals surface area contributed by atoms with Crippen LogP contribution in [0.4, 0.5) is 11.4 Å². The first-order chi connectivity index (χ1) is 42.9. The largest absolute Gasteiger partial charge is 0.458 e. The zero-order valence-electron chi connectivity index (χ0n) is 52.8. The minimum absolute atomic E-state index is 0.0189. The van der Waals surface area contributed by atoms with Crippen LogP contribution < -0.4 is 15.1 Å². The van der Waals surface area contributed by atoms with Gasteiger partial charge in [0, 0.05) is 65.1 Å². The van der Waals surface area contributed by atoms with Crippen molar-refractivity contribution in [1.82, 2.24) is 20.0 Å². The number of benzene rings is 3. The smallest absolute Gasteiger partial charge is 0.347 e. The molecule has 2 aliphatic heterocycles. The number of ether oxygens (including phenoxy) is 7. The van der Waals surface area contributed by atoms with E-state index in [1.165, 1.54) is 49.7 Å². The molecule has 21 heteroatoms. The molecule has 2 saturated heterocycles. The molecule has 4 saturated carbocycles. The summed E-state index contributed by atoms with van der Waals surface area (Å²) >= 11 is 0. The lowest BCUT2D eigenvalue weighted by molar-refractivity contribution is -0.175. The van der Waals surface area contributed by atoms with Crippen molar-refractivity contribution in [2.75, 3.05) is 90.6 Å². The molecular weight excluding hydrogens is 1140 g/mol. The van der Waals surface area contributed by atoms with E-state index in [4.69, 9.17) is 33.2 Å². The minimum Gasteiger partial charge on any atom is -0.458 e. The molecule has 21 nitrogen and oxygen atoms in total. The van der Waals surface area contributed by atoms with Crippen molar-refractivity contribution in [3.05, 3.63) is 95.6 Å². The predicted molar refractivity (Wildman–Crippen MR) is 330 cm³/mol. The third-order valence-electron chi connectivity index (χ3n) is 18.2. The topological polar surface area (TPSA) is 229 Å². The second-order valence-corrected chi connectivity index (χ2v) is 25.3. The van der Waals surface area contributed by atoms with Gasteiger partial charge in [-0.25, -0.2) is 19.2 Å². The Morgan fingerprint density at radius 1 is 0.483 bits per heavy atom. The summed E-state index contributed by atoms with van der Waals surface area (Å²) in [4.78, 5) is 123. The van der Waals surface area contributed by atoms with E-state index >= 15 is 0 Å². The fourth-order valence-electron chi connectivity index (χ4n) is 11.6. The monoisotopic (exact) mass is 1230 g/mol. The van der Waals surface area contributed by atoms with E-state index < -0.39 is 96.2 Å². The number of amides is 3. The van der Waals surface area contributed by atoms with Gasteiger partial charge in [0.25, 0.3) is 17.7 Å². The Morgan fingerprint density at radius 3 is 1.37 bits per heavy atom. The highest BCUT2D eigenvalue weighted by molar-refractivity contribution is 5.93. The summed E-state index contributed by atoms with van der Waals surface area (Å²) in [6.45, 7) is 8.31. The van der Waals surface area contributed by atoms with Crippen LogP contribution in [0.15, 0.2) is 78.9 Å². The Kier molecular flexibility index (Phi) is 23.5. The van der Waals surface area contributed by atoms with E-state index in [0.29, 0.717) is 45.2 Å². The molecule has 484 valence electrons. The minimum atomic E-state index is -1.43. The first-order valence-corrected chi connectivity index (χ1v) is 32.3. The number of hydrogen-bond acceptors (Lipinski definition) is 18. The molecule has 0 unspecified atom stereocenters. The summed E-state index contributed by atoms with van der Waals surface area (Å²) in [5.74, 6) is -5.02. The van der Waals surface area contributed by atoms with Gasteiger partial charge in [0.15, 0.2) is 24.4 Å². The number of anilines is 2. The zero-order chi connectivity index (χ0) is 63.1. The molecule has 8 atom stereocenters. The summed E-state index contributed by atoms with van der Waals surface area (Å²) in [5, 5.41) is 3.07. The van der Waals surface area contributed by atoms with Crippen LogP contribution in [0, 0.1) is 23.7 Å². The maximum absolute atomic E-state index is 15.0. The predicted octanol–water partition coefficient (Wildman–Crippen LogP) is 6.23. The number of carbonyl (C=O) groups excluding carboxylic acids is 8. The molecule has 89 heavy (non-hydrogen) atoms. The Bertz CT molecular complexity index is 2870. The van der Waals surface area contributed by atoms with Gasteiger partial charge in [0.1, 0.15) is 30.8 Å². The molecular formula is C68H92N6O15. The van der Waals surface area contributed by atoms with Gasteiger partial charge >= 0.3 is 29.8 Å². The van der Waals surface area contributed by atoms with E-state index in [1.807, 2.05) is 78.9 Å². The number of carbonyl (C=O) groups is 8. The number of nitrogens with one attached hydrogen (secondary N) is 1. The van der Waals surface area contributed by atoms with Crippen molar-refractivity contribution >= 4 is 58.9 Å². The summed E-state index contributed by atoms with van der Waals surface area (Å²) in [6.07, 6.45) is 3.26. The van der Waals surface area contributed by atoms with Gasteiger partial charge in [-0.3, -0.25) is 19.2 Å². The van der Waals surface area contributed by atoms with Crippen molar-refractivity contribution in [2.24, 2.45) is 23.7 Å². The maximum Gasteiger partial charge on any atom is 0.347 e. The van der Waals surface area contributed by atoms with Crippen molar-refractivity contribution in [1.29, 1.82) is 0 Å². The number of morpholine rings is 2. The first kappa shape index (κ1) is 66.3. The van der Waals surface area contributed by atoms with Gasteiger partial charge in [-0.15, -0.1) is 0 Å².